The number of nitrogens with zero attached hydrogens (tertiary/aromatic N) is 5. The highest BCUT2D eigenvalue weighted by Gasteiger charge is 2.17. The molecule has 0 aliphatic carbocycles. The first-order valence-corrected chi connectivity index (χ1v) is 10.8. The minimum atomic E-state index is -0.278. The van der Waals surface area contributed by atoms with Crippen molar-refractivity contribution in [2.24, 2.45) is 0 Å². The molecule has 1 saturated heterocycles. The predicted molar refractivity (Wildman–Crippen MR) is 121 cm³/mol. The molecule has 0 bridgehead atoms. The summed E-state index contributed by atoms with van der Waals surface area (Å²) in [7, 11) is 0. The van der Waals surface area contributed by atoms with Crippen LogP contribution >= 0.6 is 0 Å². The molecule has 1 aromatic carbocycles. The van der Waals surface area contributed by atoms with Crippen molar-refractivity contribution < 1.29 is 9.53 Å². The van der Waals surface area contributed by atoms with E-state index in [-0.39, 0.29) is 5.91 Å². The molecule has 1 fully saturated rings. The van der Waals surface area contributed by atoms with Gasteiger partial charge in [0.25, 0.3) is 5.91 Å². The third kappa shape index (κ3) is 4.41. The molecule has 0 unspecified atom stereocenters. The summed E-state index contributed by atoms with van der Waals surface area (Å²) < 4.78 is 7.86. The summed E-state index contributed by atoms with van der Waals surface area (Å²) in [4.78, 5) is 23.8. The molecule has 1 aliphatic heterocycles. The average Bonchev–Trinajstić information content (AvgIpc) is 3.45. The quantitative estimate of drug-likeness (QED) is 0.484. The van der Waals surface area contributed by atoms with Crippen LogP contribution in [-0.2, 0) is 6.61 Å². The average molecular weight is 432 g/mol. The van der Waals surface area contributed by atoms with Gasteiger partial charge >= 0.3 is 0 Å². The largest absolute Gasteiger partial charge is 0.487 e. The molecule has 5 rings (SSSR count). The third-order valence-corrected chi connectivity index (χ3v) is 5.48. The first-order valence-electron chi connectivity index (χ1n) is 10.8. The Hall–Kier alpha value is -3.88. The fourth-order valence-corrected chi connectivity index (χ4v) is 3.83. The highest BCUT2D eigenvalue weighted by Crippen LogP contribution is 2.19. The van der Waals surface area contributed by atoms with E-state index in [2.05, 4.69) is 30.4 Å². The van der Waals surface area contributed by atoms with Crippen molar-refractivity contribution in [1.82, 2.24) is 24.6 Å². The van der Waals surface area contributed by atoms with Crippen LogP contribution in [-0.4, -0.2) is 43.6 Å². The standard InChI is InChI=1S/C23H25N7O2/c1-16-8-9-20-24-18(14-30(20)13-16)15-32-19-7-5-6-17(12-19)21(31)25-22-26-23(28-27-22)29-10-3-2-4-11-29/h5-9,12-14H,2-4,10-11,15H2,1H3,(H2,25,26,27,28,31). The zero-order valence-corrected chi connectivity index (χ0v) is 17.9. The summed E-state index contributed by atoms with van der Waals surface area (Å²) in [6, 6.07) is 11.1. The summed E-state index contributed by atoms with van der Waals surface area (Å²) in [5.41, 5.74) is 3.33. The number of rotatable bonds is 6. The molecule has 0 saturated carbocycles. The zero-order valence-electron chi connectivity index (χ0n) is 17.9. The van der Waals surface area contributed by atoms with Crippen molar-refractivity contribution in [3.63, 3.8) is 0 Å². The van der Waals surface area contributed by atoms with Gasteiger partial charge in [-0.1, -0.05) is 12.1 Å². The number of carbonyl (C=O) groups is 1. The van der Waals surface area contributed by atoms with Gasteiger partial charge in [0.05, 0.1) is 5.69 Å². The van der Waals surface area contributed by atoms with Gasteiger partial charge in [0, 0.05) is 31.0 Å². The van der Waals surface area contributed by atoms with Gasteiger partial charge < -0.3 is 14.0 Å². The number of imidazole rings is 1. The topological polar surface area (TPSA) is 100 Å². The van der Waals surface area contributed by atoms with E-state index in [0.29, 0.717) is 29.8 Å². The van der Waals surface area contributed by atoms with Crippen LogP contribution in [0.5, 0.6) is 5.75 Å². The maximum Gasteiger partial charge on any atom is 0.258 e. The highest BCUT2D eigenvalue weighted by atomic mass is 16.5. The van der Waals surface area contributed by atoms with Crippen LogP contribution in [0.1, 0.15) is 40.9 Å². The number of aryl methyl sites for hydroxylation is 1. The first-order chi connectivity index (χ1) is 15.6. The molecule has 32 heavy (non-hydrogen) atoms. The second kappa shape index (κ2) is 8.70. The normalized spacial score (nSPS) is 14.0. The number of benzene rings is 1. The number of nitrogens with one attached hydrogen (secondary N) is 2. The monoisotopic (exact) mass is 431 g/mol. The Morgan fingerprint density at radius 1 is 1.12 bits per heavy atom. The maximum atomic E-state index is 12.7. The van der Waals surface area contributed by atoms with E-state index >= 15 is 0 Å². The van der Waals surface area contributed by atoms with Crippen molar-refractivity contribution in [2.45, 2.75) is 32.8 Å². The van der Waals surface area contributed by atoms with Crippen LogP contribution in [0.15, 0.2) is 48.8 Å². The summed E-state index contributed by atoms with van der Waals surface area (Å²) in [5.74, 6) is 1.28. The SMILES string of the molecule is Cc1ccc2nc(COc3cccc(C(=O)Nc4nc(N5CCCCC5)n[nH]4)c3)cn2c1. The minimum Gasteiger partial charge on any atom is -0.487 e. The van der Waals surface area contributed by atoms with Gasteiger partial charge in [-0.3, -0.25) is 10.1 Å². The van der Waals surface area contributed by atoms with E-state index < -0.39 is 0 Å². The number of pyridine rings is 1. The second-order valence-corrected chi connectivity index (χ2v) is 8.01. The highest BCUT2D eigenvalue weighted by molar-refractivity contribution is 6.03. The number of piperidine rings is 1. The smallest absolute Gasteiger partial charge is 0.258 e. The van der Waals surface area contributed by atoms with Gasteiger partial charge in [-0.2, -0.15) is 4.98 Å². The first kappa shape index (κ1) is 20.0. The Balaban J connectivity index is 1.22. The number of aromatic amines is 1. The number of carbonyl (C=O) groups excluding carboxylic acids is 1. The lowest BCUT2D eigenvalue weighted by molar-refractivity contribution is 0.102. The molecular formula is C23H25N7O2. The van der Waals surface area contributed by atoms with E-state index in [9.17, 15) is 4.79 Å². The molecule has 9 heteroatoms. The minimum absolute atomic E-state index is 0.278. The lowest BCUT2D eigenvalue weighted by Gasteiger charge is -2.24. The van der Waals surface area contributed by atoms with Gasteiger partial charge in [-0.15, -0.1) is 5.10 Å². The molecule has 3 aromatic heterocycles. The van der Waals surface area contributed by atoms with Gasteiger partial charge in [0.2, 0.25) is 11.9 Å². The van der Waals surface area contributed by atoms with E-state index in [1.807, 2.05) is 41.9 Å². The van der Waals surface area contributed by atoms with Crippen molar-refractivity contribution >= 4 is 23.5 Å². The molecule has 0 spiro atoms. The molecule has 1 aliphatic rings. The Kier molecular flexibility index (Phi) is 5.45. The number of amides is 1. The lowest BCUT2D eigenvalue weighted by atomic mass is 10.1. The Morgan fingerprint density at radius 2 is 2.00 bits per heavy atom. The molecule has 0 atom stereocenters. The second-order valence-electron chi connectivity index (χ2n) is 8.01. The summed E-state index contributed by atoms with van der Waals surface area (Å²) in [5, 5.41) is 9.81. The molecule has 9 nitrogen and oxygen atoms in total. The molecular weight excluding hydrogens is 406 g/mol. The van der Waals surface area contributed by atoms with Gasteiger partial charge in [-0.25, -0.2) is 10.1 Å². The van der Waals surface area contributed by atoms with E-state index in [1.54, 1.807) is 18.2 Å². The molecule has 1 amide bonds. The van der Waals surface area contributed by atoms with Crippen molar-refractivity contribution in [3.05, 3.63) is 65.6 Å². The number of aromatic nitrogens is 5. The zero-order chi connectivity index (χ0) is 21.9. The van der Waals surface area contributed by atoms with Crippen LogP contribution in [0.3, 0.4) is 0 Å². The summed E-state index contributed by atoms with van der Waals surface area (Å²) in [6.07, 6.45) is 7.48. The number of anilines is 2. The third-order valence-electron chi connectivity index (χ3n) is 5.48. The van der Waals surface area contributed by atoms with E-state index in [4.69, 9.17) is 4.74 Å². The maximum absolute atomic E-state index is 12.7. The van der Waals surface area contributed by atoms with Gasteiger partial charge in [-0.05, 0) is 56.0 Å². The Labute approximate surface area is 185 Å². The van der Waals surface area contributed by atoms with Crippen molar-refractivity contribution in [3.8, 4) is 5.75 Å². The van der Waals surface area contributed by atoms with Crippen molar-refractivity contribution in [2.75, 3.05) is 23.3 Å². The van der Waals surface area contributed by atoms with Crippen LogP contribution in [0.2, 0.25) is 0 Å². The lowest BCUT2D eigenvalue weighted by Crippen LogP contribution is -2.30. The number of fused-ring (bicyclic) bond motifs is 1. The van der Waals surface area contributed by atoms with Crippen molar-refractivity contribution in [1.29, 1.82) is 0 Å². The molecule has 0 radical (unpaired) electrons. The van der Waals surface area contributed by atoms with Crippen LogP contribution in [0.25, 0.3) is 5.65 Å². The number of hydrogen-bond donors (Lipinski definition) is 2. The predicted octanol–water partition coefficient (Wildman–Crippen LogP) is 3.58. The summed E-state index contributed by atoms with van der Waals surface area (Å²) in [6.45, 7) is 4.24. The molecule has 2 N–H and O–H groups in total. The fraction of sp³-hybridized carbons (Fsp3) is 0.304. The number of ether oxygens (including phenoxy) is 1. The number of H-pyrrole nitrogens is 1. The Morgan fingerprint density at radius 3 is 2.88 bits per heavy atom. The molecule has 164 valence electrons. The van der Waals surface area contributed by atoms with Crippen LogP contribution in [0, 0.1) is 6.92 Å². The molecule has 4 heterocycles. The van der Waals surface area contributed by atoms with E-state index in [0.717, 1.165) is 42.8 Å². The van der Waals surface area contributed by atoms with Crippen LogP contribution in [0.4, 0.5) is 11.9 Å². The fourth-order valence-electron chi connectivity index (χ4n) is 3.83. The summed E-state index contributed by atoms with van der Waals surface area (Å²) >= 11 is 0. The number of hydrogen-bond acceptors (Lipinski definition) is 6. The Bertz CT molecular complexity index is 1240. The van der Waals surface area contributed by atoms with Gasteiger partial charge in [0.1, 0.15) is 18.0 Å². The van der Waals surface area contributed by atoms with Gasteiger partial charge in [0.15, 0.2) is 0 Å². The van der Waals surface area contributed by atoms with E-state index in [1.165, 1.54) is 6.42 Å². The molecule has 4 aromatic rings. The van der Waals surface area contributed by atoms with Crippen LogP contribution < -0.4 is 15.0 Å².